The van der Waals surface area contributed by atoms with E-state index >= 15 is 0 Å². The van der Waals surface area contributed by atoms with E-state index in [1.807, 2.05) is 10.7 Å². The average molecular weight is 387 g/mol. The van der Waals surface area contributed by atoms with Crippen LogP contribution in [0.15, 0.2) is 42.9 Å². The zero-order chi connectivity index (χ0) is 19.4. The van der Waals surface area contributed by atoms with Gasteiger partial charge in [-0.2, -0.15) is 0 Å². The Morgan fingerprint density at radius 2 is 1.97 bits per heavy atom. The maximum Gasteiger partial charge on any atom is 0.141 e. The summed E-state index contributed by atoms with van der Waals surface area (Å²) >= 11 is 0. The molecule has 3 heterocycles. The minimum absolute atomic E-state index is 0.221. The summed E-state index contributed by atoms with van der Waals surface area (Å²) in [5.41, 5.74) is 5.80. The normalized spacial score (nSPS) is 26.9. The maximum atomic E-state index is 10.6. The fourth-order valence-corrected chi connectivity index (χ4v) is 5.67. The van der Waals surface area contributed by atoms with Gasteiger partial charge in [-0.15, -0.1) is 5.10 Å². The zero-order valence-corrected chi connectivity index (χ0v) is 16.3. The molecule has 2 atom stereocenters. The Bertz CT molecular complexity index is 1170. The first kappa shape index (κ1) is 17.2. The van der Waals surface area contributed by atoms with Gasteiger partial charge in [-0.25, -0.2) is 9.50 Å². The highest BCUT2D eigenvalue weighted by molar-refractivity contribution is 5.92. The highest BCUT2D eigenvalue weighted by Crippen LogP contribution is 2.44. The lowest BCUT2D eigenvalue weighted by molar-refractivity contribution is 0.136. The predicted octanol–water partition coefficient (Wildman–Crippen LogP) is 3.97. The molecule has 0 aliphatic heterocycles. The molecule has 148 valence electrons. The molecule has 4 aromatic rings. The van der Waals surface area contributed by atoms with Crippen LogP contribution < -0.4 is 0 Å². The van der Waals surface area contributed by atoms with Crippen molar-refractivity contribution in [3.63, 3.8) is 0 Å². The Kier molecular flexibility index (Phi) is 3.94. The van der Waals surface area contributed by atoms with Crippen molar-refractivity contribution in [2.45, 2.75) is 56.5 Å². The molecule has 0 spiro atoms. The quantitative estimate of drug-likeness (QED) is 0.557. The summed E-state index contributed by atoms with van der Waals surface area (Å²) in [6, 6.07) is 10.6. The van der Waals surface area contributed by atoms with Crippen molar-refractivity contribution in [2.24, 2.45) is 5.92 Å². The molecule has 0 radical (unpaired) electrons. The average Bonchev–Trinajstić information content (AvgIpc) is 3.45. The number of aliphatic hydroxyl groups excluding tert-OH is 1. The van der Waals surface area contributed by atoms with Gasteiger partial charge >= 0.3 is 0 Å². The second kappa shape index (κ2) is 6.66. The topological polar surface area (TPSA) is 79.1 Å². The molecule has 1 fully saturated rings. The number of H-pyrrole nitrogens is 1. The summed E-state index contributed by atoms with van der Waals surface area (Å²) in [7, 11) is 0. The Labute approximate surface area is 169 Å². The van der Waals surface area contributed by atoms with Crippen molar-refractivity contribution in [1.29, 1.82) is 0 Å². The van der Waals surface area contributed by atoms with Gasteiger partial charge in [0.25, 0.3) is 0 Å². The second-order valence-corrected chi connectivity index (χ2v) is 8.78. The highest BCUT2D eigenvalue weighted by Gasteiger charge is 2.34. The molecule has 6 rings (SSSR count). The number of nitrogens with zero attached hydrogens (tertiary/aromatic N) is 4. The molecule has 0 unspecified atom stereocenters. The zero-order valence-electron chi connectivity index (χ0n) is 16.3. The van der Waals surface area contributed by atoms with Crippen molar-refractivity contribution < 1.29 is 5.11 Å². The van der Waals surface area contributed by atoms with Gasteiger partial charge in [0.15, 0.2) is 0 Å². The number of nitrogens with one attached hydrogen (secondary N) is 1. The predicted molar refractivity (Wildman–Crippen MR) is 111 cm³/mol. The fourth-order valence-electron chi connectivity index (χ4n) is 5.67. The van der Waals surface area contributed by atoms with E-state index in [9.17, 15) is 5.11 Å². The van der Waals surface area contributed by atoms with E-state index in [4.69, 9.17) is 0 Å². The van der Waals surface area contributed by atoms with Gasteiger partial charge in [-0.3, -0.25) is 0 Å². The second-order valence-electron chi connectivity index (χ2n) is 8.78. The number of aliphatic hydroxyl groups is 1. The van der Waals surface area contributed by atoms with Crippen molar-refractivity contribution in [2.75, 3.05) is 0 Å². The van der Waals surface area contributed by atoms with E-state index in [-0.39, 0.29) is 6.10 Å². The van der Waals surface area contributed by atoms with Crippen LogP contribution in [0.1, 0.15) is 60.8 Å². The van der Waals surface area contributed by atoms with Crippen LogP contribution in [0.25, 0.3) is 16.6 Å². The monoisotopic (exact) mass is 387 g/mol. The third kappa shape index (κ3) is 2.77. The summed E-state index contributed by atoms with van der Waals surface area (Å²) in [5, 5.41) is 20.6. The largest absolute Gasteiger partial charge is 0.392 e. The summed E-state index contributed by atoms with van der Waals surface area (Å²) in [6.45, 7) is 0. The number of rotatable bonds is 3. The van der Waals surface area contributed by atoms with Crippen molar-refractivity contribution >= 4 is 16.6 Å². The van der Waals surface area contributed by atoms with Gasteiger partial charge < -0.3 is 10.1 Å². The van der Waals surface area contributed by atoms with Crippen LogP contribution in [-0.2, 0) is 6.42 Å². The smallest absolute Gasteiger partial charge is 0.141 e. The van der Waals surface area contributed by atoms with E-state index in [2.05, 4.69) is 50.6 Å². The van der Waals surface area contributed by atoms with E-state index in [1.165, 1.54) is 24.0 Å². The van der Waals surface area contributed by atoms with E-state index < -0.39 is 0 Å². The highest BCUT2D eigenvalue weighted by atomic mass is 16.3. The molecule has 6 heteroatoms. The molecule has 0 amide bonds. The Morgan fingerprint density at radius 1 is 1.10 bits per heavy atom. The van der Waals surface area contributed by atoms with Crippen LogP contribution in [0, 0.1) is 5.92 Å². The molecule has 3 aromatic heterocycles. The molecule has 2 aliphatic carbocycles. The molecule has 2 aliphatic rings. The van der Waals surface area contributed by atoms with Gasteiger partial charge in [0.2, 0.25) is 0 Å². The number of fused-ring (bicyclic) bond motifs is 4. The molecule has 2 N–H and O–H groups in total. The summed E-state index contributed by atoms with van der Waals surface area (Å²) in [5.74, 6) is 1.42. The molecule has 29 heavy (non-hydrogen) atoms. The van der Waals surface area contributed by atoms with Gasteiger partial charge in [0, 0.05) is 23.4 Å². The van der Waals surface area contributed by atoms with E-state index in [0.29, 0.717) is 17.8 Å². The first-order valence-electron chi connectivity index (χ1n) is 10.7. The Balaban J connectivity index is 1.20. The lowest BCUT2D eigenvalue weighted by atomic mass is 9.75. The molecule has 0 bridgehead atoms. The van der Waals surface area contributed by atoms with E-state index in [0.717, 1.165) is 47.9 Å². The standard InChI is InChI=1S/C23H25N5O/c29-20-12-16-3-1-2-4-17(16)19(20)11-14-5-7-15(8-6-14)21-22-18-9-10-24-23(18)25-13-28(22)27-26-21/h1-4,9-10,13-15,19-20,24,29H,5-8,11-12H2/t14?,15?,19-,20+/m1/s1. The molecule has 0 saturated heterocycles. The van der Waals surface area contributed by atoms with Crippen LogP contribution in [0.3, 0.4) is 0 Å². The minimum Gasteiger partial charge on any atom is -0.392 e. The van der Waals surface area contributed by atoms with Crippen molar-refractivity contribution in [1.82, 2.24) is 24.8 Å². The minimum atomic E-state index is -0.221. The van der Waals surface area contributed by atoms with E-state index in [1.54, 1.807) is 6.33 Å². The van der Waals surface area contributed by atoms with Crippen molar-refractivity contribution in [3.8, 4) is 0 Å². The lowest BCUT2D eigenvalue weighted by Gasteiger charge is -2.30. The van der Waals surface area contributed by atoms with Gasteiger partial charge in [0.1, 0.15) is 17.5 Å². The first-order valence-corrected chi connectivity index (χ1v) is 10.7. The van der Waals surface area contributed by atoms with Crippen LogP contribution in [0.5, 0.6) is 0 Å². The van der Waals surface area contributed by atoms with Crippen LogP contribution >= 0.6 is 0 Å². The number of benzene rings is 1. The first-order chi connectivity index (χ1) is 14.3. The molecular formula is C23H25N5O. The lowest BCUT2D eigenvalue weighted by Crippen LogP contribution is -2.20. The van der Waals surface area contributed by atoms with Gasteiger partial charge in [-0.05, 0) is 61.6 Å². The Hall–Kier alpha value is -2.73. The SMILES string of the molecule is O[C@H]1Cc2ccccc2[C@H]1CC1CCC(c2nnn3cnc4[nH]ccc4c23)CC1. The third-order valence-electron chi connectivity index (χ3n) is 7.17. The summed E-state index contributed by atoms with van der Waals surface area (Å²) < 4.78 is 1.81. The van der Waals surface area contributed by atoms with Crippen molar-refractivity contribution in [3.05, 3.63) is 59.7 Å². The van der Waals surface area contributed by atoms with Gasteiger partial charge in [0.05, 0.1) is 11.8 Å². The van der Waals surface area contributed by atoms with Crippen LogP contribution in [-0.4, -0.2) is 36.0 Å². The number of hydrogen-bond donors (Lipinski definition) is 2. The van der Waals surface area contributed by atoms with Gasteiger partial charge in [-0.1, -0.05) is 29.5 Å². The third-order valence-corrected chi connectivity index (χ3v) is 7.17. The molecule has 6 nitrogen and oxygen atoms in total. The number of aromatic nitrogens is 5. The molecule has 1 saturated carbocycles. The number of aromatic amines is 1. The summed E-state index contributed by atoms with van der Waals surface area (Å²) in [6.07, 6.45) is 10.0. The maximum absolute atomic E-state index is 10.6. The summed E-state index contributed by atoms with van der Waals surface area (Å²) in [4.78, 5) is 7.59. The molecular weight excluding hydrogens is 362 g/mol. The van der Waals surface area contributed by atoms with Crippen LogP contribution in [0.4, 0.5) is 0 Å². The number of hydrogen-bond acceptors (Lipinski definition) is 4. The fraction of sp³-hybridized carbons (Fsp3) is 0.435. The van der Waals surface area contributed by atoms with Crippen LogP contribution in [0.2, 0.25) is 0 Å². The Morgan fingerprint density at radius 3 is 2.86 bits per heavy atom. The molecule has 1 aromatic carbocycles.